The van der Waals surface area contributed by atoms with Gasteiger partial charge in [-0.3, -0.25) is 4.79 Å². The van der Waals surface area contributed by atoms with Crippen molar-refractivity contribution in [3.8, 4) is 5.75 Å². The smallest absolute Gasteiger partial charge is 0.260 e. The fourth-order valence-corrected chi connectivity index (χ4v) is 2.82. The van der Waals surface area contributed by atoms with E-state index in [1.54, 1.807) is 0 Å². The first-order valence-corrected chi connectivity index (χ1v) is 7.36. The minimum Gasteiger partial charge on any atom is -0.483 e. The fourth-order valence-electron chi connectivity index (χ4n) is 2.82. The summed E-state index contributed by atoms with van der Waals surface area (Å²) in [6.07, 6.45) is 1.90. The van der Waals surface area contributed by atoms with E-state index in [4.69, 9.17) is 10.5 Å². The molecule has 0 radical (unpaired) electrons. The number of amides is 1. The van der Waals surface area contributed by atoms with E-state index in [1.807, 2.05) is 29.2 Å². The molecule has 0 aromatic heterocycles. The van der Waals surface area contributed by atoms with Gasteiger partial charge in [-0.25, -0.2) is 0 Å². The van der Waals surface area contributed by atoms with Crippen LogP contribution in [0.2, 0.25) is 0 Å². The molecule has 0 aliphatic carbocycles. The van der Waals surface area contributed by atoms with Crippen LogP contribution in [-0.2, 0) is 11.2 Å². The standard InChI is InChI=1S/C16H24N2O2/c1-3-14-6-4-5-7-15(14)20-11-16(19)18-10-13(9-17)8-12(18)2/h4-7,12-13H,3,8-11,17H2,1-2H3. The second kappa shape index (κ2) is 6.75. The Balaban J connectivity index is 1.92. The molecule has 2 N–H and O–H groups in total. The van der Waals surface area contributed by atoms with E-state index in [2.05, 4.69) is 13.8 Å². The molecule has 20 heavy (non-hydrogen) atoms. The number of carbonyl (C=O) groups excluding carboxylic acids is 1. The van der Waals surface area contributed by atoms with Gasteiger partial charge in [0.15, 0.2) is 6.61 Å². The molecule has 1 aromatic carbocycles. The molecule has 0 spiro atoms. The first-order chi connectivity index (χ1) is 9.65. The normalized spacial score (nSPS) is 22.1. The van der Waals surface area contributed by atoms with E-state index >= 15 is 0 Å². The highest BCUT2D eigenvalue weighted by atomic mass is 16.5. The number of hydrogen-bond donors (Lipinski definition) is 1. The van der Waals surface area contributed by atoms with E-state index in [-0.39, 0.29) is 18.6 Å². The lowest BCUT2D eigenvalue weighted by Crippen LogP contribution is -2.37. The van der Waals surface area contributed by atoms with E-state index in [1.165, 1.54) is 0 Å². The summed E-state index contributed by atoms with van der Waals surface area (Å²) in [4.78, 5) is 14.1. The van der Waals surface area contributed by atoms with Crippen molar-refractivity contribution in [1.29, 1.82) is 0 Å². The number of likely N-dealkylation sites (tertiary alicyclic amines) is 1. The van der Waals surface area contributed by atoms with Crippen LogP contribution in [0, 0.1) is 5.92 Å². The Hall–Kier alpha value is -1.55. The van der Waals surface area contributed by atoms with Crippen molar-refractivity contribution in [3.05, 3.63) is 29.8 Å². The number of ether oxygens (including phenoxy) is 1. The Bertz CT molecular complexity index is 462. The minimum absolute atomic E-state index is 0.0550. The summed E-state index contributed by atoms with van der Waals surface area (Å²) in [6.45, 7) is 5.67. The second-order valence-corrected chi connectivity index (χ2v) is 5.48. The third-order valence-electron chi connectivity index (χ3n) is 4.02. The molecule has 1 fully saturated rings. The van der Waals surface area contributed by atoms with Crippen molar-refractivity contribution >= 4 is 5.91 Å². The molecule has 0 saturated carbocycles. The average molecular weight is 276 g/mol. The van der Waals surface area contributed by atoms with Gasteiger partial charge in [0.2, 0.25) is 0 Å². The maximum absolute atomic E-state index is 12.3. The van der Waals surface area contributed by atoms with E-state index < -0.39 is 0 Å². The van der Waals surface area contributed by atoms with Gasteiger partial charge in [0.05, 0.1) is 0 Å². The van der Waals surface area contributed by atoms with Crippen LogP contribution in [0.5, 0.6) is 5.75 Å². The van der Waals surface area contributed by atoms with Crippen molar-refractivity contribution in [1.82, 2.24) is 4.90 Å². The highest BCUT2D eigenvalue weighted by Crippen LogP contribution is 2.23. The maximum Gasteiger partial charge on any atom is 0.260 e. The Morgan fingerprint density at radius 2 is 2.20 bits per heavy atom. The molecular formula is C16H24N2O2. The van der Waals surface area contributed by atoms with E-state index in [0.29, 0.717) is 12.5 Å². The van der Waals surface area contributed by atoms with E-state index in [0.717, 1.165) is 30.7 Å². The molecule has 110 valence electrons. The van der Waals surface area contributed by atoms with Crippen LogP contribution in [0.15, 0.2) is 24.3 Å². The van der Waals surface area contributed by atoms with Gasteiger partial charge in [-0.15, -0.1) is 0 Å². The van der Waals surface area contributed by atoms with Gasteiger partial charge < -0.3 is 15.4 Å². The van der Waals surface area contributed by atoms with Crippen LogP contribution >= 0.6 is 0 Å². The van der Waals surface area contributed by atoms with Gasteiger partial charge in [0.25, 0.3) is 5.91 Å². The quantitative estimate of drug-likeness (QED) is 0.892. The zero-order chi connectivity index (χ0) is 14.5. The zero-order valence-corrected chi connectivity index (χ0v) is 12.3. The molecule has 4 nitrogen and oxygen atoms in total. The molecule has 2 atom stereocenters. The number of nitrogens with zero attached hydrogens (tertiary/aromatic N) is 1. The van der Waals surface area contributed by atoms with Crippen LogP contribution in [-0.4, -0.2) is 36.5 Å². The Kier molecular flexibility index (Phi) is 5.01. The summed E-state index contributed by atoms with van der Waals surface area (Å²) in [5.74, 6) is 1.29. The first kappa shape index (κ1) is 14.9. The lowest BCUT2D eigenvalue weighted by Gasteiger charge is -2.22. The Morgan fingerprint density at radius 1 is 1.45 bits per heavy atom. The number of para-hydroxylation sites is 1. The number of hydrogen-bond acceptors (Lipinski definition) is 3. The Morgan fingerprint density at radius 3 is 2.85 bits per heavy atom. The zero-order valence-electron chi connectivity index (χ0n) is 12.3. The molecule has 4 heteroatoms. The molecule has 0 bridgehead atoms. The van der Waals surface area contributed by atoms with Crippen LogP contribution in [0.3, 0.4) is 0 Å². The highest BCUT2D eigenvalue weighted by molar-refractivity contribution is 5.78. The molecule has 2 unspecified atom stereocenters. The molecule has 2 rings (SSSR count). The molecule has 1 heterocycles. The van der Waals surface area contributed by atoms with Crippen LogP contribution < -0.4 is 10.5 Å². The van der Waals surface area contributed by atoms with E-state index in [9.17, 15) is 4.79 Å². The maximum atomic E-state index is 12.3. The SMILES string of the molecule is CCc1ccccc1OCC(=O)N1CC(CN)CC1C. The van der Waals surface area contributed by atoms with Crippen molar-refractivity contribution < 1.29 is 9.53 Å². The number of nitrogens with two attached hydrogens (primary N) is 1. The summed E-state index contributed by atoms with van der Waals surface area (Å²) in [6, 6.07) is 8.13. The van der Waals surface area contributed by atoms with Gasteiger partial charge in [-0.1, -0.05) is 25.1 Å². The van der Waals surface area contributed by atoms with Gasteiger partial charge in [-0.05, 0) is 43.9 Å². The first-order valence-electron chi connectivity index (χ1n) is 7.36. The predicted molar refractivity (Wildman–Crippen MR) is 79.7 cm³/mol. The van der Waals surface area contributed by atoms with Crippen molar-refractivity contribution in [2.75, 3.05) is 19.7 Å². The van der Waals surface area contributed by atoms with Crippen molar-refractivity contribution in [2.24, 2.45) is 11.7 Å². The van der Waals surface area contributed by atoms with Gasteiger partial charge >= 0.3 is 0 Å². The summed E-state index contributed by atoms with van der Waals surface area (Å²) < 4.78 is 5.70. The number of aryl methyl sites for hydroxylation is 1. The number of carbonyl (C=O) groups is 1. The lowest BCUT2D eigenvalue weighted by atomic mass is 10.1. The lowest BCUT2D eigenvalue weighted by molar-refractivity contribution is -0.134. The van der Waals surface area contributed by atoms with Crippen molar-refractivity contribution in [3.63, 3.8) is 0 Å². The van der Waals surface area contributed by atoms with Gasteiger partial charge in [0.1, 0.15) is 5.75 Å². The molecule has 1 amide bonds. The Labute approximate surface area is 120 Å². The third kappa shape index (κ3) is 3.31. The summed E-state index contributed by atoms with van der Waals surface area (Å²) in [5.41, 5.74) is 6.83. The summed E-state index contributed by atoms with van der Waals surface area (Å²) >= 11 is 0. The summed E-state index contributed by atoms with van der Waals surface area (Å²) in [7, 11) is 0. The fraction of sp³-hybridized carbons (Fsp3) is 0.562. The largest absolute Gasteiger partial charge is 0.483 e. The van der Waals surface area contributed by atoms with Gasteiger partial charge in [-0.2, -0.15) is 0 Å². The minimum atomic E-state index is 0.0550. The molecule has 1 aliphatic rings. The second-order valence-electron chi connectivity index (χ2n) is 5.48. The van der Waals surface area contributed by atoms with Gasteiger partial charge in [0, 0.05) is 12.6 Å². The average Bonchev–Trinajstić information content (AvgIpc) is 2.86. The molecule has 1 saturated heterocycles. The summed E-state index contributed by atoms with van der Waals surface area (Å²) in [5, 5.41) is 0. The van der Waals surface area contributed by atoms with Crippen LogP contribution in [0.1, 0.15) is 25.8 Å². The topological polar surface area (TPSA) is 55.6 Å². The molecule has 1 aromatic rings. The van der Waals surface area contributed by atoms with Crippen LogP contribution in [0.25, 0.3) is 0 Å². The third-order valence-corrected chi connectivity index (χ3v) is 4.02. The number of benzene rings is 1. The van der Waals surface area contributed by atoms with Crippen molar-refractivity contribution in [2.45, 2.75) is 32.7 Å². The molecular weight excluding hydrogens is 252 g/mol. The number of rotatable bonds is 5. The predicted octanol–water partition coefficient (Wildman–Crippen LogP) is 1.82. The molecule has 1 aliphatic heterocycles. The monoisotopic (exact) mass is 276 g/mol. The van der Waals surface area contributed by atoms with Crippen LogP contribution in [0.4, 0.5) is 0 Å². The highest BCUT2D eigenvalue weighted by Gasteiger charge is 2.31.